The van der Waals surface area contributed by atoms with Crippen LogP contribution in [0.3, 0.4) is 0 Å². The normalized spacial score (nSPS) is 11.4. The van der Waals surface area contributed by atoms with E-state index in [4.69, 9.17) is 4.74 Å². The quantitative estimate of drug-likeness (QED) is 0.525. The minimum Gasteiger partial charge on any atom is -0.484 e. The minimum atomic E-state index is -0.741. The van der Waals surface area contributed by atoms with E-state index in [1.807, 2.05) is 55.5 Å². The Morgan fingerprint density at radius 2 is 1.53 bits per heavy atom. The molecule has 32 heavy (non-hydrogen) atoms. The van der Waals surface area contributed by atoms with E-state index in [1.54, 1.807) is 24.3 Å². The zero-order chi connectivity index (χ0) is 22.8. The van der Waals surface area contributed by atoms with E-state index in [0.717, 1.165) is 11.1 Å². The average Bonchev–Trinajstić information content (AvgIpc) is 2.82. The Balaban J connectivity index is 1.87. The third-order valence-electron chi connectivity index (χ3n) is 4.99. The van der Waals surface area contributed by atoms with Crippen molar-refractivity contribution < 1.29 is 18.7 Å². The van der Waals surface area contributed by atoms with E-state index in [1.165, 1.54) is 17.0 Å². The van der Waals surface area contributed by atoms with Gasteiger partial charge in [0.05, 0.1) is 0 Å². The highest BCUT2D eigenvalue weighted by Gasteiger charge is 2.30. The number of carbonyl (C=O) groups is 2. The third-order valence-corrected chi connectivity index (χ3v) is 4.99. The van der Waals surface area contributed by atoms with Crippen molar-refractivity contribution in [3.8, 4) is 5.75 Å². The molecule has 2 amide bonds. The Kier molecular flexibility index (Phi) is 8.37. The van der Waals surface area contributed by atoms with E-state index in [9.17, 15) is 14.0 Å². The Labute approximate surface area is 187 Å². The van der Waals surface area contributed by atoms with Crippen molar-refractivity contribution in [3.63, 3.8) is 0 Å². The number of nitrogens with one attached hydrogen (secondary N) is 1. The number of hydrogen-bond acceptors (Lipinski definition) is 3. The summed E-state index contributed by atoms with van der Waals surface area (Å²) in [4.78, 5) is 27.8. The second-order valence-electron chi connectivity index (χ2n) is 7.35. The molecule has 0 aliphatic carbocycles. The molecule has 0 bridgehead atoms. The maximum absolute atomic E-state index is 13.4. The summed E-state index contributed by atoms with van der Waals surface area (Å²) >= 11 is 0. The van der Waals surface area contributed by atoms with E-state index < -0.39 is 6.04 Å². The van der Waals surface area contributed by atoms with Crippen molar-refractivity contribution >= 4 is 11.8 Å². The summed E-state index contributed by atoms with van der Waals surface area (Å²) < 4.78 is 19.1. The molecule has 3 aromatic carbocycles. The summed E-state index contributed by atoms with van der Waals surface area (Å²) in [5.41, 5.74) is 1.66. The van der Waals surface area contributed by atoms with Crippen LogP contribution in [0.2, 0.25) is 0 Å². The third kappa shape index (κ3) is 6.67. The Morgan fingerprint density at radius 3 is 2.16 bits per heavy atom. The van der Waals surface area contributed by atoms with E-state index in [-0.39, 0.29) is 30.8 Å². The van der Waals surface area contributed by atoms with Gasteiger partial charge >= 0.3 is 0 Å². The van der Waals surface area contributed by atoms with Crippen molar-refractivity contribution in [2.24, 2.45) is 0 Å². The molecule has 3 rings (SSSR count). The first-order chi connectivity index (χ1) is 15.6. The van der Waals surface area contributed by atoms with Gasteiger partial charge in [-0.1, -0.05) is 60.7 Å². The number of rotatable bonds is 10. The lowest BCUT2D eigenvalue weighted by Crippen LogP contribution is -2.51. The Bertz CT molecular complexity index is 995. The minimum absolute atomic E-state index is 0.159. The first kappa shape index (κ1) is 23.0. The zero-order valence-electron chi connectivity index (χ0n) is 18.0. The highest BCUT2D eigenvalue weighted by molar-refractivity contribution is 5.88. The molecule has 0 aliphatic heterocycles. The smallest absolute Gasteiger partial charge is 0.261 e. The van der Waals surface area contributed by atoms with Gasteiger partial charge < -0.3 is 15.0 Å². The van der Waals surface area contributed by atoms with Crippen LogP contribution in [0.25, 0.3) is 0 Å². The molecule has 0 fully saturated rings. The number of carbonyl (C=O) groups excluding carboxylic acids is 2. The van der Waals surface area contributed by atoms with E-state index >= 15 is 0 Å². The van der Waals surface area contributed by atoms with Gasteiger partial charge in [0.25, 0.3) is 5.91 Å². The van der Waals surface area contributed by atoms with Gasteiger partial charge in [-0.15, -0.1) is 0 Å². The van der Waals surface area contributed by atoms with Crippen LogP contribution in [0.1, 0.15) is 18.1 Å². The number of ether oxygens (including phenoxy) is 1. The molecular formula is C26H27FN2O3. The Morgan fingerprint density at radius 1 is 0.906 bits per heavy atom. The summed E-state index contributed by atoms with van der Waals surface area (Å²) in [5.74, 6) is -0.360. The van der Waals surface area contributed by atoms with Crippen molar-refractivity contribution in [2.75, 3.05) is 13.2 Å². The molecule has 0 saturated carbocycles. The molecule has 0 heterocycles. The first-order valence-corrected chi connectivity index (χ1v) is 10.6. The van der Waals surface area contributed by atoms with Crippen LogP contribution in [0.15, 0.2) is 84.9 Å². The number of nitrogens with zero attached hydrogens (tertiary/aromatic N) is 1. The predicted molar refractivity (Wildman–Crippen MR) is 122 cm³/mol. The fraction of sp³-hybridized carbons (Fsp3) is 0.231. The zero-order valence-corrected chi connectivity index (χ0v) is 18.0. The lowest BCUT2D eigenvalue weighted by atomic mass is 10.0. The van der Waals surface area contributed by atoms with Crippen LogP contribution in [0, 0.1) is 5.82 Å². The molecule has 1 atom stereocenters. The number of hydrogen-bond donors (Lipinski definition) is 1. The summed E-state index contributed by atoms with van der Waals surface area (Å²) in [6, 6.07) is 23.8. The predicted octanol–water partition coefficient (Wildman–Crippen LogP) is 3.98. The van der Waals surface area contributed by atoms with E-state index in [0.29, 0.717) is 18.7 Å². The van der Waals surface area contributed by atoms with Gasteiger partial charge in [0, 0.05) is 19.5 Å². The molecule has 0 radical (unpaired) electrons. The Hall–Kier alpha value is -3.67. The molecule has 166 valence electrons. The molecule has 1 N–H and O–H groups in total. The molecule has 0 saturated heterocycles. The number of likely N-dealkylation sites (N-methyl/N-ethyl adjacent to an activating group) is 1. The highest BCUT2D eigenvalue weighted by atomic mass is 19.1. The molecule has 6 heteroatoms. The number of benzene rings is 3. The van der Waals surface area contributed by atoms with Crippen LogP contribution in [-0.4, -0.2) is 35.9 Å². The largest absolute Gasteiger partial charge is 0.484 e. The van der Waals surface area contributed by atoms with Crippen LogP contribution in [-0.2, 0) is 22.6 Å². The fourth-order valence-electron chi connectivity index (χ4n) is 3.38. The number of amides is 2. The van der Waals surface area contributed by atoms with Gasteiger partial charge in [0.15, 0.2) is 6.61 Å². The summed E-state index contributed by atoms with van der Waals surface area (Å²) in [7, 11) is 0. The summed E-state index contributed by atoms with van der Waals surface area (Å²) in [6.07, 6.45) is 0.352. The van der Waals surface area contributed by atoms with Gasteiger partial charge in [0.1, 0.15) is 17.6 Å². The van der Waals surface area contributed by atoms with Crippen molar-refractivity contribution in [3.05, 3.63) is 102 Å². The molecule has 0 aromatic heterocycles. The van der Waals surface area contributed by atoms with Crippen molar-refractivity contribution in [1.82, 2.24) is 10.2 Å². The molecule has 3 aromatic rings. The lowest BCUT2D eigenvalue weighted by Gasteiger charge is -2.31. The molecular weight excluding hydrogens is 407 g/mol. The summed E-state index contributed by atoms with van der Waals surface area (Å²) in [5, 5.41) is 2.84. The average molecular weight is 435 g/mol. The SMILES string of the molecule is CCNC(=O)C(Cc1ccccc1)N(Cc1ccc(F)cc1)C(=O)COc1ccccc1. The maximum Gasteiger partial charge on any atom is 0.261 e. The standard InChI is InChI=1S/C26H27FN2O3/c1-2-28-26(31)24(17-20-9-5-3-6-10-20)29(18-21-13-15-22(27)16-14-21)25(30)19-32-23-11-7-4-8-12-23/h3-16,24H,2,17-19H2,1H3,(H,28,31). The number of halogens is 1. The molecule has 0 aliphatic rings. The van der Waals surface area contributed by atoms with Gasteiger partial charge in [0.2, 0.25) is 5.91 Å². The summed E-state index contributed by atoms with van der Waals surface area (Å²) in [6.45, 7) is 2.23. The van der Waals surface area contributed by atoms with Crippen LogP contribution in [0.4, 0.5) is 4.39 Å². The first-order valence-electron chi connectivity index (χ1n) is 10.6. The molecule has 1 unspecified atom stereocenters. The molecule has 5 nitrogen and oxygen atoms in total. The second-order valence-corrected chi connectivity index (χ2v) is 7.35. The van der Waals surface area contributed by atoms with Crippen molar-refractivity contribution in [2.45, 2.75) is 25.9 Å². The van der Waals surface area contributed by atoms with Gasteiger partial charge in [-0.25, -0.2) is 4.39 Å². The monoisotopic (exact) mass is 434 g/mol. The van der Waals surface area contributed by atoms with Crippen LogP contribution < -0.4 is 10.1 Å². The van der Waals surface area contributed by atoms with Gasteiger partial charge in [-0.2, -0.15) is 0 Å². The van der Waals surface area contributed by atoms with Crippen LogP contribution in [0.5, 0.6) is 5.75 Å². The van der Waals surface area contributed by atoms with Gasteiger partial charge in [-0.05, 0) is 42.3 Å². The molecule has 0 spiro atoms. The van der Waals surface area contributed by atoms with Crippen molar-refractivity contribution in [1.29, 1.82) is 0 Å². The second kappa shape index (κ2) is 11.6. The highest BCUT2D eigenvalue weighted by Crippen LogP contribution is 2.16. The van der Waals surface area contributed by atoms with E-state index in [2.05, 4.69) is 5.32 Å². The maximum atomic E-state index is 13.4. The van der Waals surface area contributed by atoms with Crippen LogP contribution >= 0.6 is 0 Å². The lowest BCUT2D eigenvalue weighted by molar-refractivity contribution is -0.142. The fourth-order valence-corrected chi connectivity index (χ4v) is 3.38. The van der Waals surface area contributed by atoms with Gasteiger partial charge in [-0.3, -0.25) is 9.59 Å². The number of para-hydroxylation sites is 1. The topological polar surface area (TPSA) is 58.6 Å².